The van der Waals surface area contributed by atoms with Crippen LogP contribution in [0.3, 0.4) is 0 Å². The van der Waals surface area contributed by atoms with Crippen LogP contribution in [0.25, 0.3) is 10.8 Å². The first-order valence-electron chi connectivity index (χ1n) is 8.52. The Bertz CT molecular complexity index is 982. The minimum atomic E-state index is -0.436. The van der Waals surface area contributed by atoms with Crippen LogP contribution in [0.1, 0.15) is 40.5 Å². The van der Waals surface area contributed by atoms with E-state index in [0.29, 0.717) is 34.1 Å². The van der Waals surface area contributed by atoms with E-state index in [2.05, 4.69) is 0 Å². The molecule has 0 N–H and O–H groups in total. The average molecular weight is 348 g/mol. The Kier molecular flexibility index (Phi) is 3.68. The molecule has 2 aliphatic rings. The van der Waals surface area contributed by atoms with Crippen molar-refractivity contribution in [3.05, 3.63) is 53.6 Å². The average Bonchev–Trinajstić information content (AvgIpc) is 2.97. The number of hydrogen-bond donors (Lipinski definition) is 0. The molecule has 2 heterocycles. The Morgan fingerprint density at radius 2 is 1.50 bits per heavy atom. The van der Waals surface area contributed by atoms with Crippen molar-refractivity contribution in [2.24, 2.45) is 0 Å². The quantitative estimate of drug-likeness (QED) is 0.796. The van der Waals surface area contributed by atoms with E-state index in [-0.39, 0.29) is 11.8 Å². The van der Waals surface area contributed by atoms with Crippen molar-refractivity contribution in [1.29, 1.82) is 0 Å². The molecule has 4 rings (SSSR count). The molecule has 130 valence electrons. The van der Waals surface area contributed by atoms with Gasteiger partial charge in [-0.25, -0.2) is 4.90 Å². The molecule has 0 saturated heterocycles. The van der Waals surface area contributed by atoms with Crippen LogP contribution in [-0.4, -0.2) is 35.1 Å². The SMILES string of the molecule is CCCCN1C(=O)c2cccc3c(N4C(=O)C=CC4=O)ccc(c23)C1=O. The summed E-state index contributed by atoms with van der Waals surface area (Å²) in [5.74, 6) is -1.55. The Balaban J connectivity index is 1.92. The fraction of sp³-hybridized carbons (Fsp3) is 0.200. The van der Waals surface area contributed by atoms with Gasteiger partial charge < -0.3 is 0 Å². The molecule has 0 aromatic heterocycles. The van der Waals surface area contributed by atoms with Crippen molar-refractivity contribution in [3.63, 3.8) is 0 Å². The molecule has 0 unspecified atom stereocenters. The second kappa shape index (κ2) is 5.91. The number of nitrogens with zero attached hydrogens (tertiary/aromatic N) is 2. The Morgan fingerprint density at radius 3 is 2.15 bits per heavy atom. The van der Waals surface area contributed by atoms with Gasteiger partial charge in [-0.2, -0.15) is 0 Å². The maximum atomic E-state index is 12.8. The van der Waals surface area contributed by atoms with Crippen LogP contribution in [0.5, 0.6) is 0 Å². The van der Waals surface area contributed by atoms with E-state index in [9.17, 15) is 19.2 Å². The molecule has 26 heavy (non-hydrogen) atoms. The van der Waals surface area contributed by atoms with E-state index in [1.165, 1.54) is 17.1 Å². The number of carbonyl (C=O) groups is 4. The minimum absolute atomic E-state index is 0.337. The largest absolute Gasteiger partial charge is 0.274 e. The third-order valence-corrected chi connectivity index (χ3v) is 4.75. The Hall–Kier alpha value is -3.28. The van der Waals surface area contributed by atoms with E-state index in [1.807, 2.05) is 6.92 Å². The molecule has 4 amide bonds. The Labute approximate surface area is 149 Å². The molecule has 0 spiro atoms. The molecule has 0 saturated carbocycles. The highest BCUT2D eigenvalue weighted by Crippen LogP contribution is 2.36. The number of carbonyl (C=O) groups excluding carboxylic acids is 4. The van der Waals surface area contributed by atoms with Gasteiger partial charge in [0.05, 0.1) is 5.69 Å². The number of unbranched alkanes of at least 4 members (excludes halogenated alkanes) is 1. The van der Waals surface area contributed by atoms with Crippen LogP contribution in [0, 0.1) is 0 Å². The van der Waals surface area contributed by atoms with Gasteiger partial charge in [0.15, 0.2) is 0 Å². The van der Waals surface area contributed by atoms with Gasteiger partial charge >= 0.3 is 0 Å². The molecule has 0 radical (unpaired) electrons. The fourth-order valence-electron chi connectivity index (χ4n) is 3.48. The first-order chi connectivity index (χ1) is 12.5. The second-order valence-corrected chi connectivity index (χ2v) is 6.32. The van der Waals surface area contributed by atoms with Crippen molar-refractivity contribution in [2.75, 3.05) is 11.4 Å². The van der Waals surface area contributed by atoms with Crippen LogP contribution in [0.15, 0.2) is 42.5 Å². The maximum absolute atomic E-state index is 12.8. The normalized spacial score (nSPS) is 16.3. The highest BCUT2D eigenvalue weighted by molar-refractivity contribution is 6.33. The minimum Gasteiger partial charge on any atom is -0.274 e. The predicted octanol–water partition coefficient (Wildman–Crippen LogP) is 2.67. The van der Waals surface area contributed by atoms with Crippen LogP contribution < -0.4 is 4.90 Å². The Morgan fingerprint density at radius 1 is 0.846 bits per heavy atom. The summed E-state index contributed by atoms with van der Waals surface area (Å²) in [5.41, 5.74) is 1.22. The van der Waals surface area contributed by atoms with Gasteiger partial charge in [-0.15, -0.1) is 0 Å². The molecule has 0 bridgehead atoms. The van der Waals surface area contributed by atoms with E-state index < -0.39 is 11.8 Å². The lowest BCUT2D eigenvalue weighted by molar-refractivity contribution is -0.119. The molecule has 0 aliphatic carbocycles. The van der Waals surface area contributed by atoms with E-state index >= 15 is 0 Å². The highest BCUT2D eigenvalue weighted by atomic mass is 16.2. The first kappa shape index (κ1) is 16.2. The summed E-state index contributed by atoms with van der Waals surface area (Å²) >= 11 is 0. The number of benzene rings is 2. The second-order valence-electron chi connectivity index (χ2n) is 6.32. The molecule has 2 aromatic carbocycles. The van der Waals surface area contributed by atoms with Crippen molar-refractivity contribution < 1.29 is 19.2 Å². The number of rotatable bonds is 4. The molecular weight excluding hydrogens is 332 g/mol. The summed E-state index contributed by atoms with van der Waals surface area (Å²) in [7, 11) is 0. The van der Waals surface area contributed by atoms with Gasteiger partial charge in [0, 0.05) is 40.6 Å². The molecule has 6 nitrogen and oxygen atoms in total. The highest BCUT2D eigenvalue weighted by Gasteiger charge is 2.34. The molecule has 0 atom stereocenters. The zero-order chi connectivity index (χ0) is 18.4. The van der Waals surface area contributed by atoms with Crippen molar-refractivity contribution >= 4 is 40.1 Å². The van der Waals surface area contributed by atoms with Gasteiger partial charge in [-0.3, -0.25) is 24.1 Å². The lowest BCUT2D eigenvalue weighted by Crippen LogP contribution is -2.41. The fourth-order valence-corrected chi connectivity index (χ4v) is 3.48. The topological polar surface area (TPSA) is 74.8 Å². The lowest BCUT2D eigenvalue weighted by Gasteiger charge is -2.28. The van der Waals surface area contributed by atoms with E-state index in [4.69, 9.17) is 0 Å². The van der Waals surface area contributed by atoms with Crippen LogP contribution >= 0.6 is 0 Å². The maximum Gasteiger partial charge on any atom is 0.261 e. The predicted molar refractivity (Wildman–Crippen MR) is 95.9 cm³/mol. The summed E-state index contributed by atoms with van der Waals surface area (Å²) in [4.78, 5) is 52.1. The third-order valence-electron chi connectivity index (χ3n) is 4.75. The smallest absolute Gasteiger partial charge is 0.261 e. The number of imide groups is 2. The summed E-state index contributed by atoms with van der Waals surface area (Å²) in [5, 5.41) is 1.04. The lowest BCUT2D eigenvalue weighted by atomic mass is 9.92. The van der Waals surface area contributed by atoms with Gasteiger partial charge in [0.25, 0.3) is 23.6 Å². The molecular formula is C20H16N2O4. The van der Waals surface area contributed by atoms with Gasteiger partial charge in [-0.05, 0) is 24.6 Å². The van der Waals surface area contributed by atoms with Crippen LogP contribution in [0.2, 0.25) is 0 Å². The van der Waals surface area contributed by atoms with Crippen molar-refractivity contribution in [3.8, 4) is 0 Å². The summed E-state index contributed by atoms with van der Waals surface area (Å²) < 4.78 is 0. The number of amides is 4. The van der Waals surface area contributed by atoms with E-state index in [1.54, 1.807) is 30.3 Å². The number of hydrogen-bond acceptors (Lipinski definition) is 4. The van der Waals surface area contributed by atoms with Crippen molar-refractivity contribution in [2.45, 2.75) is 19.8 Å². The van der Waals surface area contributed by atoms with E-state index in [0.717, 1.165) is 17.7 Å². The van der Waals surface area contributed by atoms with Gasteiger partial charge in [0.2, 0.25) is 0 Å². The standard InChI is InChI=1S/C20H16N2O4/c1-2-3-11-21-19(25)13-6-4-5-12-15(22-16(23)9-10-17(22)24)8-7-14(18(12)13)20(21)26/h4-10H,2-3,11H2,1H3. The van der Waals surface area contributed by atoms with Crippen molar-refractivity contribution in [1.82, 2.24) is 4.90 Å². The summed E-state index contributed by atoms with van der Waals surface area (Å²) in [6, 6.07) is 8.28. The molecule has 2 aliphatic heterocycles. The van der Waals surface area contributed by atoms with Crippen LogP contribution in [0.4, 0.5) is 5.69 Å². The van der Waals surface area contributed by atoms with Gasteiger partial charge in [0.1, 0.15) is 0 Å². The first-order valence-corrected chi connectivity index (χ1v) is 8.52. The molecule has 0 fully saturated rings. The summed E-state index contributed by atoms with van der Waals surface area (Å²) in [6.07, 6.45) is 4.03. The zero-order valence-corrected chi connectivity index (χ0v) is 14.2. The molecule has 2 aromatic rings. The zero-order valence-electron chi connectivity index (χ0n) is 14.2. The van der Waals surface area contributed by atoms with Gasteiger partial charge in [-0.1, -0.05) is 25.5 Å². The molecule has 6 heteroatoms. The third kappa shape index (κ3) is 2.19. The van der Waals surface area contributed by atoms with Crippen LogP contribution in [-0.2, 0) is 9.59 Å². The number of anilines is 1. The monoisotopic (exact) mass is 348 g/mol. The summed E-state index contributed by atoms with van der Waals surface area (Å²) in [6.45, 7) is 2.37.